The van der Waals surface area contributed by atoms with Crippen LogP contribution in [0.15, 0.2) is 18.2 Å². The molecule has 0 aliphatic rings. The van der Waals surface area contributed by atoms with E-state index in [0.717, 1.165) is 0 Å². The number of hydrogen-bond acceptors (Lipinski definition) is 3. The summed E-state index contributed by atoms with van der Waals surface area (Å²) in [6.45, 7) is 0. The van der Waals surface area contributed by atoms with E-state index in [-0.39, 0.29) is 17.1 Å². The Hall–Kier alpha value is -1.36. The average Bonchev–Trinajstić information content (AvgIpc) is 2.16. The van der Waals surface area contributed by atoms with Crippen LogP contribution in [0.3, 0.4) is 0 Å². The Morgan fingerprint density at radius 3 is 2.50 bits per heavy atom. The topological polar surface area (TPSA) is 49.7 Å². The number of alkyl halides is 2. The quantitative estimate of drug-likeness (QED) is 0.787. The monoisotopic (exact) mass is 204 g/mol. The third-order valence-corrected chi connectivity index (χ3v) is 1.77. The molecule has 0 spiro atoms. The molecule has 0 bridgehead atoms. The van der Waals surface area contributed by atoms with Crippen LogP contribution in [0.5, 0.6) is 11.5 Å². The maximum Gasteiger partial charge on any atom is 0.268 e. The van der Waals surface area contributed by atoms with Crippen LogP contribution in [0.2, 0.25) is 0 Å². The van der Waals surface area contributed by atoms with E-state index in [1.165, 1.54) is 25.3 Å². The molecule has 1 rings (SSSR count). The molecule has 1 unspecified atom stereocenters. The molecule has 0 saturated carbocycles. The van der Waals surface area contributed by atoms with Crippen LogP contribution in [0.1, 0.15) is 11.7 Å². The lowest BCUT2D eigenvalue weighted by molar-refractivity contribution is -0.00701. The smallest absolute Gasteiger partial charge is 0.268 e. The maximum atomic E-state index is 12.2. The molecule has 0 aliphatic carbocycles. The molecule has 14 heavy (non-hydrogen) atoms. The number of methoxy groups -OCH3 is 1. The second-order valence-corrected chi connectivity index (χ2v) is 2.71. The van der Waals surface area contributed by atoms with E-state index in [1.807, 2.05) is 0 Å². The standard InChI is InChI=1S/C9H10F2O3/c1-14-7-4-5(12)2-3-6(7)8(13)9(10)11/h2-4,8-9,12-13H,1H3. The Bertz CT molecular complexity index is 315. The van der Waals surface area contributed by atoms with Gasteiger partial charge >= 0.3 is 0 Å². The summed E-state index contributed by atoms with van der Waals surface area (Å²) in [5, 5.41) is 18.1. The minimum Gasteiger partial charge on any atom is -0.508 e. The Kier molecular flexibility index (Phi) is 3.24. The van der Waals surface area contributed by atoms with Gasteiger partial charge in [-0.05, 0) is 12.1 Å². The molecule has 3 nitrogen and oxygen atoms in total. The molecule has 1 atom stereocenters. The van der Waals surface area contributed by atoms with Crippen LogP contribution in [0.4, 0.5) is 8.78 Å². The summed E-state index contributed by atoms with van der Waals surface area (Å²) in [6.07, 6.45) is -4.78. The van der Waals surface area contributed by atoms with Crippen molar-refractivity contribution in [3.05, 3.63) is 23.8 Å². The SMILES string of the molecule is COc1cc(O)ccc1C(O)C(F)F. The summed E-state index contributed by atoms with van der Waals surface area (Å²) in [7, 11) is 1.27. The largest absolute Gasteiger partial charge is 0.508 e. The highest BCUT2D eigenvalue weighted by atomic mass is 19.3. The number of benzene rings is 1. The number of hydrogen-bond donors (Lipinski definition) is 2. The van der Waals surface area contributed by atoms with E-state index < -0.39 is 12.5 Å². The van der Waals surface area contributed by atoms with Crippen LogP contribution in [0, 0.1) is 0 Å². The van der Waals surface area contributed by atoms with Crippen LogP contribution in [-0.4, -0.2) is 23.7 Å². The van der Waals surface area contributed by atoms with E-state index in [9.17, 15) is 8.78 Å². The van der Waals surface area contributed by atoms with Gasteiger partial charge in [0.15, 0.2) is 0 Å². The van der Waals surface area contributed by atoms with Gasteiger partial charge in [0.05, 0.1) is 7.11 Å². The van der Waals surface area contributed by atoms with Crippen molar-refractivity contribution in [1.82, 2.24) is 0 Å². The Labute approximate surface area is 79.6 Å². The number of phenols is 1. The first-order valence-corrected chi connectivity index (χ1v) is 3.89. The highest BCUT2D eigenvalue weighted by Gasteiger charge is 2.22. The Morgan fingerprint density at radius 1 is 1.36 bits per heavy atom. The van der Waals surface area contributed by atoms with E-state index in [2.05, 4.69) is 0 Å². The molecule has 1 aromatic rings. The van der Waals surface area contributed by atoms with Crippen LogP contribution >= 0.6 is 0 Å². The summed E-state index contributed by atoms with van der Waals surface area (Å²) < 4.78 is 29.1. The fourth-order valence-corrected chi connectivity index (χ4v) is 1.08. The normalized spacial score (nSPS) is 12.9. The maximum absolute atomic E-state index is 12.2. The number of aliphatic hydroxyl groups excluding tert-OH is 1. The number of ether oxygens (including phenoxy) is 1. The molecule has 0 amide bonds. The fourth-order valence-electron chi connectivity index (χ4n) is 1.08. The first-order valence-electron chi connectivity index (χ1n) is 3.89. The second kappa shape index (κ2) is 4.23. The minimum atomic E-state index is -2.88. The number of rotatable bonds is 3. The van der Waals surface area contributed by atoms with Gasteiger partial charge in [-0.3, -0.25) is 0 Å². The lowest BCUT2D eigenvalue weighted by Crippen LogP contribution is -2.09. The molecule has 1 aromatic carbocycles. The summed E-state index contributed by atoms with van der Waals surface area (Å²) in [4.78, 5) is 0. The van der Waals surface area contributed by atoms with Crippen LogP contribution in [0.25, 0.3) is 0 Å². The zero-order valence-electron chi connectivity index (χ0n) is 7.45. The lowest BCUT2D eigenvalue weighted by Gasteiger charge is -2.13. The highest BCUT2D eigenvalue weighted by molar-refractivity contribution is 5.41. The molecular weight excluding hydrogens is 194 g/mol. The molecule has 0 aliphatic heterocycles. The molecule has 5 heteroatoms. The van der Waals surface area contributed by atoms with Gasteiger partial charge in [-0.25, -0.2) is 8.78 Å². The summed E-state index contributed by atoms with van der Waals surface area (Å²) in [5.74, 6) is -0.0649. The van der Waals surface area contributed by atoms with E-state index >= 15 is 0 Å². The first-order chi connectivity index (χ1) is 6.56. The molecule has 0 fully saturated rings. The number of aromatic hydroxyl groups is 1. The molecule has 0 radical (unpaired) electrons. The zero-order valence-corrected chi connectivity index (χ0v) is 7.45. The molecule has 78 valence electrons. The van der Waals surface area contributed by atoms with Gasteiger partial charge in [0.1, 0.15) is 17.6 Å². The number of phenolic OH excluding ortho intramolecular Hbond substituents is 1. The summed E-state index contributed by atoms with van der Waals surface area (Å²) in [6, 6.07) is 3.58. The molecule has 2 N–H and O–H groups in total. The number of halogens is 2. The van der Waals surface area contributed by atoms with E-state index in [1.54, 1.807) is 0 Å². The molecule has 0 aromatic heterocycles. The second-order valence-electron chi connectivity index (χ2n) is 2.71. The molecule has 0 saturated heterocycles. The van der Waals surface area contributed by atoms with Crippen LogP contribution in [-0.2, 0) is 0 Å². The van der Waals surface area contributed by atoms with E-state index in [0.29, 0.717) is 0 Å². The lowest BCUT2D eigenvalue weighted by atomic mass is 10.1. The summed E-state index contributed by atoms with van der Waals surface area (Å²) >= 11 is 0. The van der Waals surface area contributed by atoms with Gasteiger partial charge in [0.25, 0.3) is 6.43 Å². The van der Waals surface area contributed by atoms with Gasteiger partial charge < -0.3 is 14.9 Å². The highest BCUT2D eigenvalue weighted by Crippen LogP contribution is 2.31. The predicted molar refractivity (Wildman–Crippen MR) is 45.6 cm³/mol. The van der Waals surface area contributed by atoms with Crippen molar-refractivity contribution in [2.45, 2.75) is 12.5 Å². The van der Waals surface area contributed by atoms with Gasteiger partial charge in [-0.15, -0.1) is 0 Å². The van der Waals surface area contributed by atoms with Gasteiger partial charge in [-0.2, -0.15) is 0 Å². The summed E-state index contributed by atoms with van der Waals surface area (Å²) in [5.41, 5.74) is -0.0414. The van der Waals surface area contributed by atoms with Crippen LogP contribution < -0.4 is 4.74 Å². The third-order valence-electron chi connectivity index (χ3n) is 1.77. The van der Waals surface area contributed by atoms with Crippen molar-refractivity contribution in [2.75, 3.05) is 7.11 Å². The van der Waals surface area contributed by atoms with Gasteiger partial charge in [0.2, 0.25) is 0 Å². The Balaban J connectivity index is 3.07. The minimum absolute atomic E-state index is 0.0396. The van der Waals surface area contributed by atoms with Crippen molar-refractivity contribution < 1.29 is 23.7 Å². The van der Waals surface area contributed by atoms with Crippen molar-refractivity contribution in [3.63, 3.8) is 0 Å². The number of aliphatic hydroxyl groups is 1. The van der Waals surface area contributed by atoms with E-state index in [4.69, 9.17) is 14.9 Å². The fraction of sp³-hybridized carbons (Fsp3) is 0.333. The Morgan fingerprint density at radius 2 is 2.00 bits per heavy atom. The van der Waals surface area contributed by atoms with Crippen molar-refractivity contribution in [2.24, 2.45) is 0 Å². The average molecular weight is 204 g/mol. The zero-order chi connectivity index (χ0) is 10.7. The van der Waals surface area contributed by atoms with Gasteiger partial charge in [-0.1, -0.05) is 0 Å². The molecule has 0 heterocycles. The van der Waals surface area contributed by atoms with Crippen molar-refractivity contribution in [1.29, 1.82) is 0 Å². The van der Waals surface area contributed by atoms with Crippen molar-refractivity contribution in [3.8, 4) is 11.5 Å². The van der Waals surface area contributed by atoms with Crippen molar-refractivity contribution >= 4 is 0 Å². The van der Waals surface area contributed by atoms with Gasteiger partial charge in [0, 0.05) is 11.6 Å². The first kappa shape index (κ1) is 10.7. The third kappa shape index (κ3) is 2.11. The molecular formula is C9H10F2O3. The predicted octanol–water partition coefficient (Wildman–Crippen LogP) is 1.70.